The molecule has 1 aromatic heterocycles. The molecule has 1 aliphatic rings. The van der Waals surface area contributed by atoms with Gasteiger partial charge in [-0.15, -0.1) is 0 Å². The van der Waals surface area contributed by atoms with Crippen LogP contribution in [-0.2, 0) is 0 Å². The summed E-state index contributed by atoms with van der Waals surface area (Å²) in [5.41, 5.74) is 2.61. The van der Waals surface area contributed by atoms with Gasteiger partial charge in [-0.1, -0.05) is 50.2 Å². The molecule has 0 bridgehead atoms. The summed E-state index contributed by atoms with van der Waals surface area (Å²) in [5.74, 6) is 0.573. The van der Waals surface area contributed by atoms with Crippen LogP contribution in [0, 0.1) is 5.92 Å². The lowest BCUT2D eigenvalue weighted by atomic mass is 10.00. The first kappa shape index (κ1) is 12.4. The smallest absolute Gasteiger partial charge is 0.0578 e. The molecular formula is C17H20N2. The molecule has 1 aromatic carbocycles. The number of hydrogen-bond donors (Lipinski definition) is 0. The minimum Gasteiger partial charge on any atom is -0.284 e. The van der Waals surface area contributed by atoms with Gasteiger partial charge in [0.05, 0.1) is 11.7 Å². The number of aromatic nitrogens is 1. The zero-order chi connectivity index (χ0) is 13.2. The van der Waals surface area contributed by atoms with Crippen LogP contribution in [0.5, 0.6) is 0 Å². The SMILES string of the molecule is CC(C)[C@H](c1ccccn1)N1C[C@H]1c1ccccc1. The Hall–Kier alpha value is -1.67. The van der Waals surface area contributed by atoms with Gasteiger partial charge < -0.3 is 0 Å². The van der Waals surface area contributed by atoms with Gasteiger partial charge in [0, 0.05) is 18.8 Å². The zero-order valence-corrected chi connectivity index (χ0v) is 11.5. The molecule has 2 aromatic rings. The second kappa shape index (κ2) is 5.14. The molecule has 98 valence electrons. The van der Waals surface area contributed by atoms with Gasteiger partial charge in [0.15, 0.2) is 0 Å². The molecule has 1 saturated heterocycles. The highest BCUT2D eigenvalue weighted by atomic mass is 15.3. The third-order valence-electron chi connectivity index (χ3n) is 3.81. The predicted molar refractivity (Wildman–Crippen MR) is 77.7 cm³/mol. The predicted octanol–water partition coefficient (Wildman–Crippen LogP) is 3.84. The molecule has 1 unspecified atom stereocenters. The molecule has 1 fully saturated rings. The maximum Gasteiger partial charge on any atom is 0.0578 e. The first-order valence-corrected chi connectivity index (χ1v) is 6.99. The summed E-state index contributed by atoms with van der Waals surface area (Å²) in [6.45, 7) is 5.70. The molecular weight excluding hydrogens is 232 g/mol. The first-order valence-electron chi connectivity index (χ1n) is 6.99. The van der Waals surface area contributed by atoms with Crippen LogP contribution in [0.2, 0.25) is 0 Å². The summed E-state index contributed by atoms with van der Waals surface area (Å²) >= 11 is 0. The van der Waals surface area contributed by atoms with Crippen LogP contribution >= 0.6 is 0 Å². The third kappa shape index (κ3) is 2.54. The molecule has 0 aliphatic carbocycles. The van der Waals surface area contributed by atoms with Gasteiger partial charge in [0.1, 0.15) is 0 Å². The Balaban J connectivity index is 1.81. The van der Waals surface area contributed by atoms with Crippen LogP contribution in [0.25, 0.3) is 0 Å². The quantitative estimate of drug-likeness (QED) is 0.769. The highest BCUT2D eigenvalue weighted by molar-refractivity contribution is 5.26. The summed E-state index contributed by atoms with van der Waals surface area (Å²) < 4.78 is 0. The maximum atomic E-state index is 4.55. The van der Waals surface area contributed by atoms with Crippen molar-refractivity contribution in [1.82, 2.24) is 9.88 Å². The van der Waals surface area contributed by atoms with E-state index in [1.165, 1.54) is 11.3 Å². The number of pyridine rings is 1. The molecule has 0 radical (unpaired) electrons. The van der Waals surface area contributed by atoms with E-state index in [1.54, 1.807) is 0 Å². The Kier molecular flexibility index (Phi) is 3.34. The fourth-order valence-corrected chi connectivity index (χ4v) is 2.88. The average Bonchev–Trinajstić information content (AvgIpc) is 3.21. The van der Waals surface area contributed by atoms with Gasteiger partial charge in [0.25, 0.3) is 0 Å². The molecule has 3 atom stereocenters. The van der Waals surface area contributed by atoms with Crippen molar-refractivity contribution in [2.75, 3.05) is 6.54 Å². The minimum atomic E-state index is 0.423. The molecule has 2 heterocycles. The Bertz CT molecular complexity index is 521. The average molecular weight is 252 g/mol. The monoisotopic (exact) mass is 252 g/mol. The Morgan fingerprint density at radius 3 is 2.42 bits per heavy atom. The van der Waals surface area contributed by atoms with E-state index in [-0.39, 0.29) is 0 Å². The van der Waals surface area contributed by atoms with Gasteiger partial charge in [-0.25, -0.2) is 0 Å². The number of rotatable bonds is 4. The summed E-state index contributed by atoms with van der Waals surface area (Å²) in [6, 6.07) is 18.0. The number of hydrogen-bond acceptors (Lipinski definition) is 2. The molecule has 0 spiro atoms. The van der Waals surface area contributed by atoms with E-state index in [0.717, 1.165) is 6.54 Å². The highest BCUT2D eigenvalue weighted by Gasteiger charge is 2.42. The molecule has 0 amide bonds. The summed E-state index contributed by atoms with van der Waals surface area (Å²) in [4.78, 5) is 7.09. The van der Waals surface area contributed by atoms with Gasteiger partial charge in [-0.05, 0) is 23.6 Å². The fourth-order valence-electron chi connectivity index (χ4n) is 2.88. The summed E-state index contributed by atoms with van der Waals surface area (Å²) in [7, 11) is 0. The van der Waals surface area contributed by atoms with Crippen LogP contribution in [0.3, 0.4) is 0 Å². The van der Waals surface area contributed by atoms with Crippen molar-refractivity contribution in [2.24, 2.45) is 5.92 Å². The second-order valence-electron chi connectivity index (χ2n) is 5.57. The van der Waals surface area contributed by atoms with E-state index in [2.05, 4.69) is 66.2 Å². The maximum absolute atomic E-state index is 4.55. The van der Waals surface area contributed by atoms with E-state index in [0.29, 0.717) is 18.0 Å². The second-order valence-corrected chi connectivity index (χ2v) is 5.57. The van der Waals surface area contributed by atoms with Gasteiger partial charge >= 0.3 is 0 Å². The molecule has 1 aliphatic heterocycles. The normalized spacial score (nSPS) is 23.3. The van der Waals surface area contributed by atoms with Gasteiger partial charge in [-0.3, -0.25) is 9.88 Å². The Morgan fingerprint density at radius 2 is 1.79 bits per heavy atom. The highest BCUT2D eigenvalue weighted by Crippen LogP contribution is 2.45. The Labute approximate surface area is 115 Å². The molecule has 2 nitrogen and oxygen atoms in total. The molecule has 19 heavy (non-hydrogen) atoms. The lowest BCUT2D eigenvalue weighted by Gasteiger charge is -2.22. The van der Waals surface area contributed by atoms with Gasteiger partial charge in [-0.2, -0.15) is 0 Å². The van der Waals surface area contributed by atoms with Crippen molar-refractivity contribution in [2.45, 2.75) is 25.9 Å². The lowest BCUT2D eigenvalue weighted by molar-refractivity contribution is 0.291. The van der Waals surface area contributed by atoms with Crippen LogP contribution in [0.4, 0.5) is 0 Å². The fraction of sp³-hybridized carbons (Fsp3) is 0.353. The Morgan fingerprint density at radius 1 is 1.05 bits per heavy atom. The van der Waals surface area contributed by atoms with Crippen molar-refractivity contribution in [1.29, 1.82) is 0 Å². The lowest BCUT2D eigenvalue weighted by Crippen LogP contribution is -2.17. The zero-order valence-electron chi connectivity index (χ0n) is 11.5. The van der Waals surface area contributed by atoms with Crippen molar-refractivity contribution in [3.05, 3.63) is 66.0 Å². The third-order valence-corrected chi connectivity index (χ3v) is 3.81. The molecule has 2 heteroatoms. The van der Waals surface area contributed by atoms with Crippen LogP contribution in [-0.4, -0.2) is 16.4 Å². The van der Waals surface area contributed by atoms with Crippen molar-refractivity contribution in [3.63, 3.8) is 0 Å². The van der Waals surface area contributed by atoms with Crippen molar-refractivity contribution < 1.29 is 0 Å². The van der Waals surface area contributed by atoms with Crippen LogP contribution < -0.4 is 0 Å². The largest absolute Gasteiger partial charge is 0.284 e. The van der Waals surface area contributed by atoms with E-state index in [1.807, 2.05) is 12.3 Å². The summed E-state index contributed by atoms with van der Waals surface area (Å²) in [5, 5.41) is 0. The molecule has 3 rings (SSSR count). The first-order chi connectivity index (χ1) is 9.27. The van der Waals surface area contributed by atoms with Gasteiger partial charge in [0.2, 0.25) is 0 Å². The van der Waals surface area contributed by atoms with Crippen molar-refractivity contribution >= 4 is 0 Å². The van der Waals surface area contributed by atoms with E-state index >= 15 is 0 Å². The van der Waals surface area contributed by atoms with Crippen LogP contribution in [0.15, 0.2) is 54.7 Å². The topological polar surface area (TPSA) is 15.9 Å². The van der Waals surface area contributed by atoms with E-state index in [4.69, 9.17) is 0 Å². The standard InChI is InChI=1S/C17H20N2/c1-13(2)17(15-10-6-7-11-18-15)19-12-16(19)14-8-4-3-5-9-14/h3-11,13,16-17H,12H2,1-2H3/t16-,17+,19?/m0/s1. The number of nitrogens with zero attached hydrogens (tertiary/aromatic N) is 2. The van der Waals surface area contributed by atoms with Crippen molar-refractivity contribution in [3.8, 4) is 0 Å². The minimum absolute atomic E-state index is 0.423. The molecule has 0 N–H and O–H groups in total. The van der Waals surface area contributed by atoms with Crippen LogP contribution in [0.1, 0.15) is 37.2 Å². The van der Waals surface area contributed by atoms with E-state index in [9.17, 15) is 0 Å². The van der Waals surface area contributed by atoms with E-state index < -0.39 is 0 Å². The number of benzene rings is 1. The summed E-state index contributed by atoms with van der Waals surface area (Å²) in [6.07, 6.45) is 1.89. The molecule has 0 saturated carbocycles.